The Labute approximate surface area is 158 Å². The third kappa shape index (κ3) is 3.86. The molecule has 1 heterocycles. The summed E-state index contributed by atoms with van der Waals surface area (Å²) >= 11 is 1.75. The standard InChI is InChI=1S/C22H22N2OS/c1-16-6-4-7-17(14-16)15-26-21-10-3-2-8-19(21)23-22(25)20-9-5-13-24(20)18-11-12-18/h2-10,13-14,18H,11-12,15H2,1H3,(H,23,25). The molecule has 26 heavy (non-hydrogen) atoms. The highest BCUT2D eigenvalue weighted by molar-refractivity contribution is 7.98. The Bertz CT molecular complexity index is 927. The van der Waals surface area contributed by atoms with Gasteiger partial charge in [0.1, 0.15) is 5.69 Å². The van der Waals surface area contributed by atoms with Crippen molar-refractivity contribution in [2.24, 2.45) is 0 Å². The van der Waals surface area contributed by atoms with Crippen molar-refractivity contribution in [1.29, 1.82) is 0 Å². The van der Waals surface area contributed by atoms with Gasteiger partial charge in [0.05, 0.1) is 5.69 Å². The van der Waals surface area contributed by atoms with Crippen LogP contribution in [0.5, 0.6) is 0 Å². The third-order valence-corrected chi connectivity index (χ3v) is 5.71. The first kappa shape index (κ1) is 17.0. The number of carbonyl (C=O) groups excluding carboxylic acids is 1. The van der Waals surface area contributed by atoms with E-state index in [-0.39, 0.29) is 5.91 Å². The van der Waals surface area contributed by atoms with Crippen molar-refractivity contribution in [1.82, 2.24) is 4.57 Å². The van der Waals surface area contributed by atoms with Crippen molar-refractivity contribution < 1.29 is 4.79 Å². The summed E-state index contributed by atoms with van der Waals surface area (Å²) in [7, 11) is 0. The van der Waals surface area contributed by atoms with Crippen LogP contribution < -0.4 is 5.32 Å². The van der Waals surface area contributed by atoms with E-state index in [1.165, 1.54) is 11.1 Å². The Hall–Kier alpha value is -2.46. The Morgan fingerprint density at radius 3 is 2.77 bits per heavy atom. The fraction of sp³-hybridized carbons (Fsp3) is 0.227. The Morgan fingerprint density at radius 1 is 1.12 bits per heavy atom. The number of nitrogens with one attached hydrogen (secondary N) is 1. The number of thioether (sulfide) groups is 1. The number of nitrogens with zero attached hydrogens (tertiary/aromatic N) is 1. The van der Waals surface area contributed by atoms with Crippen molar-refractivity contribution in [3.63, 3.8) is 0 Å². The van der Waals surface area contributed by atoms with Crippen LogP contribution in [0.15, 0.2) is 71.8 Å². The molecule has 0 radical (unpaired) electrons. The first-order valence-corrected chi connectivity index (χ1v) is 9.95. The summed E-state index contributed by atoms with van der Waals surface area (Å²) in [5.74, 6) is 0.845. The number of amides is 1. The largest absolute Gasteiger partial charge is 0.340 e. The van der Waals surface area contributed by atoms with E-state index in [9.17, 15) is 4.79 Å². The smallest absolute Gasteiger partial charge is 0.272 e. The van der Waals surface area contributed by atoms with Gasteiger partial charge in [-0.25, -0.2) is 0 Å². The highest BCUT2D eigenvalue weighted by atomic mass is 32.2. The number of benzene rings is 2. The van der Waals surface area contributed by atoms with Crippen LogP contribution >= 0.6 is 11.8 Å². The summed E-state index contributed by atoms with van der Waals surface area (Å²) in [5.41, 5.74) is 4.17. The summed E-state index contributed by atoms with van der Waals surface area (Å²) < 4.78 is 2.10. The summed E-state index contributed by atoms with van der Waals surface area (Å²) in [5, 5.41) is 3.10. The van der Waals surface area contributed by atoms with E-state index >= 15 is 0 Å². The minimum atomic E-state index is -0.0366. The fourth-order valence-corrected chi connectivity index (χ4v) is 4.05. The average molecular weight is 362 g/mol. The van der Waals surface area contributed by atoms with Gasteiger partial charge in [-0.2, -0.15) is 0 Å². The van der Waals surface area contributed by atoms with Crippen molar-refractivity contribution in [3.8, 4) is 0 Å². The molecule has 0 aliphatic heterocycles. The molecule has 0 spiro atoms. The molecule has 1 saturated carbocycles. The molecule has 3 nitrogen and oxygen atoms in total. The SMILES string of the molecule is Cc1cccc(CSc2ccccc2NC(=O)c2cccn2C2CC2)c1. The van der Waals surface area contributed by atoms with Gasteiger partial charge in [-0.3, -0.25) is 4.79 Å². The zero-order valence-electron chi connectivity index (χ0n) is 14.8. The van der Waals surface area contributed by atoms with Gasteiger partial charge in [0.25, 0.3) is 5.91 Å². The van der Waals surface area contributed by atoms with Gasteiger partial charge >= 0.3 is 0 Å². The highest BCUT2D eigenvalue weighted by Gasteiger charge is 2.26. The zero-order chi connectivity index (χ0) is 17.9. The molecular weight excluding hydrogens is 340 g/mol. The molecule has 132 valence electrons. The predicted octanol–water partition coefficient (Wildman–Crippen LogP) is 5.68. The van der Waals surface area contributed by atoms with E-state index in [1.807, 2.05) is 36.5 Å². The minimum absolute atomic E-state index is 0.0366. The van der Waals surface area contributed by atoms with Gasteiger partial charge < -0.3 is 9.88 Å². The molecule has 0 saturated heterocycles. The molecule has 0 atom stereocenters. The van der Waals surface area contributed by atoms with Gasteiger partial charge in [-0.1, -0.05) is 42.0 Å². The second-order valence-corrected chi connectivity index (χ2v) is 7.78. The van der Waals surface area contributed by atoms with Crippen LogP contribution in [-0.4, -0.2) is 10.5 Å². The maximum absolute atomic E-state index is 12.8. The average Bonchev–Trinajstić information content (AvgIpc) is 3.37. The minimum Gasteiger partial charge on any atom is -0.340 e. The molecule has 1 N–H and O–H groups in total. The van der Waals surface area contributed by atoms with Crippen molar-refractivity contribution in [2.75, 3.05) is 5.32 Å². The molecule has 4 heteroatoms. The molecule has 2 aromatic carbocycles. The summed E-state index contributed by atoms with van der Waals surface area (Å²) in [6.07, 6.45) is 4.33. The van der Waals surface area contributed by atoms with Gasteiger partial charge in [0, 0.05) is 22.9 Å². The topological polar surface area (TPSA) is 34.0 Å². The molecule has 1 aliphatic carbocycles. The van der Waals surface area contributed by atoms with Crippen molar-refractivity contribution in [2.45, 2.75) is 36.5 Å². The van der Waals surface area contributed by atoms with Crippen LogP contribution in [0.25, 0.3) is 0 Å². The van der Waals surface area contributed by atoms with Crippen LogP contribution in [-0.2, 0) is 5.75 Å². The van der Waals surface area contributed by atoms with Gasteiger partial charge in [-0.15, -0.1) is 11.8 Å². The first-order chi connectivity index (χ1) is 12.7. The van der Waals surface area contributed by atoms with Crippen LogP contribution in [0.2, 0.25) is 0 Å². The first-order valence-electron chi connectivity index (χ1n) is 8.96. The van der Waals surface area contributed by atoms with E-state index in [0.717, 1.165) is 34.9 Å². The molecule has 1 fully saturated rings. The van der Waals surface area contributed by atoms with E-state index in [4.69, 9.17) is 0 Å². The monoisotopic (exact) mass is 362 g/mol. The fourth-order valence-electron chi connectivity index (χ4n) is 3.10. The normalized spacial score (nSPS) is 13.6. The lowest BCUT2D eigenvalue weighted by Crippen LogP contribution is -2.16. The van der Waals surface area contributed by atoms with Gasteiger partial charge in [0.2, 0.25) is 0 Å². The Kier molecular flexibility index (Phi) is 4.85. The zero-order valence-corrected chi connectivity index (χ0v) is 15.6. The maximum Gasteiger partial charge on any atom is 0.272 e. The van der Waals surface area contributed by atoms with E-state index in [0.29, 0.717) is 6.04 Å². The lowest BCUT2D eigenvalue weighted by Gasteiger charge is -2.12. The van der Waals surface area contributed by atoms with Crippen LogP contribution in [0.4, 0.5) is 5.69 Å². The second-order valence-electron chi connectivity index (χ2n) is 6.76. The highest BCUT2D eigenvalue weighted by Crippen LogP contribution is 2.36. The third-order valence-electron chi connectivity index (χ3n) is 4.56. The lowest BCUT2D eigenvalue weighted by atomic mass is 10.2. The van der Waals surface area contributed by atoms with Crippen molar-refractivity contribution >= 4 is 23.4 Å². The Balaban J connectivity index is 1.48. The number of hydrogen-bond acceptors (Lipinski definition) is 2. The summed E-state index contributed by atoms with van der Waals surface area (Å²) in [4.78, 5) is 13.8. The number of rotatable bonds is 6. The van der Waals surface area contributed by atoms with E-state index in [1.54, 1.807) is 11.8 Å². The van der Waals surface area contributed by atoms with Gasteiger partial charge in [0.15, 0.2) is 0 Å². The number of hydrogen-bond donors (Lipinski definition) is 1. The number of carbonyl (C=O) groups is 1. The molecule has 1 aromatic heterocycles. The van der Waals surface area contributed by atoms with Gasteiger partial charge in [-0.05, 0) is 49.6 Å². The number of aromatic nitrogens is 1. The van der Waals surface area contributed by atoms with Crippen LogP contribution in [0.3, 0.4) is 0 Å². The van der Waals surface area contributed by atoms with Crippen LogP contribution in [0.1, 0.15) is 40.5 Å². The van der Waals surface area contributed by atoms with E-state index < -0.39 is 0 Å². The molecule has 3 aromatic rings. The molecule has 0 unspecified atom stereocenters. The van der Waals surface area contributed by atoms with Crippen molar-refractivity contribution in [3.05, 3.63) is 83.7 Å². The number of anilines is 1. The molecule has 1 aliphatic rings. The summed E-state index contributed by atoms with van der Waals surface area (Å²) in [6, 6.07) is 20.9. The van der Waals surface area contributed by atoms with Crippen LogP contribution in [0, 0.1) is 6.92 Å². The molecule has 0 bridgehead atoms. The molecular formula is C22H22N2OS. The molecule has 4 rings (SSSR count). The molecule has 1 amide bonds. The van der Waals surface area contributed by atoms with E-state index in [2.05, 4.69) is 47.1 Å². The Morgan fingerprint density at radius 2 is 1.96 bits per heavy atom. The quantitative estimate of drug-likeness (QED) is 0.573. The maximum atomic E-state index is 12.8. The number of para-hydroxylation sites is 1. The second kappa shape index (κ2) is 7.42. The lowest BCUT2D eigenvalue weighted by molar-refractivity contribution is 0.101. The number of aryl methyl sites for hydroxylation is 1. The predicted molar refractivity (Wildman–Crippen MR) is 108 cm³/mol. The summed E-state index contributed by atoms with van der Waals surface area (Å²) in [6.45, 7) is 2.11.